The quantitative estimate of drug-likeness (QED) is 0.602. The molecule has 1 saturated heterocycles. The molecule has 0 aliphatic carbocycles. The molecule has 0 atom stereocenters. The maximum absolute atomic E-state index is 9.10. The minimum Gasteiger partial charge on any atom is -0.473 e. The van der Waals surface area contributed by atoms with Crippen molar-refractivity contribution >= 4 is 11.9 Å². The Labute approximate surface area is 94.6 Å². The fourth-order valence-electron chi connectivity index (χ4n) is 1.33. The number of nitrogens with one attached hydrogen (secondary N) is 1. The van der Waals surface area contributed by atoms with Crippen molar-refractivity contribution < 1.29 is 24.5 Å². The number of carboxylic acids is 2. The zero-order chi connectivity index (χ0) is 12.4. The third-order valence-corrected chi connectivity index (χ3v) is 2.20. The summed E-state index contributed by atoms with van der Waals surface area (Å²) in [6.45, 7) is 6.25. The highest BCUT2D eigenvalue weighted by Gasteiger charge is 2.11. The molecule has 1 rings (SSSR count). The maximum atomic E-state index is 9.10. The maximum Gasteiger partial charge on any atom is 0.414 e. The third kappa shape index (κ3) is 8.19. The van der Waals surface area contributed by atoms with Crippen molar-refractivity contribution in [3.63, 3.8) is 0 Å². The Kier molecular flexibility index (Phi) is 8.46. The van der Waals surface area contributed by atoms with E-state index in [1.54, 1.807) is 0 Å². The number of aliphatic carboxylic acids is 2. The van der Waals surface area contributed by atoms with Crippen LogP contribution < -0.4 is 5.32 Å². The average molecular weight is 233 g/mol. The predicted octanol–water partition coefficient (Wildman–Crippen LogP) is 0.178. The second kappa shape index (κ2) is 9.11. The molecule has 0 aromatic rings. The van der Waals surface area contributed by atoms with Gasteiger partial charge in [-0.3, -0.25) is 0 Å². The fraction of sp³-hybridized carbons (Fsp3) is 0.800. The van der Waals surface area contributed by atoms with Gasteiger partial charge in [-0.25, -0.2) is 9.59 Å². The normalized spacial score (nSPS) is 16.1. The first kappa shape index (κ1) is 14.9. The van der Waals surface area contributed by atoms with Gasteiger partial charge in [-0.2, -0.15) is 0 Å². The molecule has 0 amide bonds. The van der Waals surface area contributed by atoms with Gasteiger partial charge >= 0.3 is 11.9 Å². The van der Waals surface area contributed by atoms with Crippen molar-refractivity contribution in [1.29, 1.82) is 0 Å². The first-order valence-electron chi connectivity index (χ1n) is 5.32. The van der Waals surface area contributed by atoms with Gasteiger partial charge in [0, 0.05) is 13.2 Å². The second-order valence-corrected chi connectivity index (χ2v) is 3.46. The molecule has 0 saturated carbocycles. The fourth-order valence-corrected chi connectivity index (χ4v) is 1.33. The van der Waals surface area contributed by atoms with Crippen LogP contribution in [0.15, 0.2) is 0 Å². The van der Waals surface area contributed by atoms with Gasteiger partial charge in [0.25, 0.3) is 0 Å². The van der Waals surface area contributed by atoms with Crippen LogP contribution in [-0.4, -0.2) is 48.5 Å². The number of rotatable bonds is 3. The number of carbonyl (C=O) groups is 2. The Morgan fingerprint density at radius 2 is 1.75 bits per heavy atom. The van der Waals surface area contributed by atoms with Crippen molar-refractivity contribution in [2.24, 2.45) is 5.92 Å². The Morgan fingerprint density at radius 1 is 1.25 bits per heavy atom. The molecule has 94 valence electrons. The van der Waals surface area contributed by atoms with Crippen LogP contribution in [0.25, 0.3) is 0 Å². The monoisotopic (exact) mass is 233 g/mol. The largest absolute Gasteiger partial charge is 0.473 e. The van der Waals surface area contributed by atoms with Gasteiger partial charge in [0.15, 0.2) is 0 Å². The summed E-state index contributed by atoms with van der Waals surface area (Å²) in [5.74, 6) is -2.83. The lowest BCUT2D eigenvalue weighted by atomic mass is 9.99. The Bertz CT molecular complexity index is 201. The summed E-state index contributed by atoms with van der Waals surface area (Å²) in [4.78, 5) is 18.2. The van der Waals surface area contributed by atoms with Gasteiger partial charge in [0.05, 0.1) is 0 Å². The summed E-state index contributed by atoms with van der Waals surface area (Å²) in [6.07, 6.45) is 2.58. The topological polar surface area (TPSA) is 95.9 Å². The standard InChI is InChI=1S/C8H17NO.C2H2O4/c1-2-10-7-8-3-5-9-6-4-8;3-1(4)2(5)6/h8-9H,2-7H2,1H3;(H,3,4)(H,5,6). The molecule has 0 aromatic carbocycles. The highest BCUT2D eigenvalue weighted by molar-refractivity contribution is 6.27. The predicted molar refractivity (Wildman–Crippen MR) is 57.4 cm³/mol. The van der Waals surface area contributed by atoms with E-state index in [-0.39, 0.29) is 0 Å². The van der Waals surface area contributed by atoms with Crippen LogP contribution in [0.3, 0.4) is 0 Å². The van der Waals surface area contributed by atoms with E-state index in [0.29, 0.717) is 0 Å². The number of ether oxygens (including phenoxy) is 1. The lowest BCUT2D eigenvalue weighted by molar-refractivity contribution is -0.159. The molecule has 1 heterocycles. The summed E-state index contributed by atoms with van der Waals surface area (Å²) >= 11 is 0. The number of carboxylic acid groups (broad SMARTS) is 2. The molecule has 6 heteroatoms. The summed E-state index contributed by atoms with van der Waals surface area (Å²) in [7, 11) is 0. The van der Waals surface area contributed by atoms with E-state index in [1.165, 1.54) is 25.9 Å². The second-order valence-electron chi connectivity index (χ2n) is 3.46. The van der Waals surface area contributed by atoms with E-state index in [2.05, 4.69) is 12.2 Å². The van der Waals surface area contributed by atoms with Crippen LogP contribution in [0.1, 0.15) is 19.8 Å². The molecule has 0 aromatic heterocycles. The van der Waals surface area contributed by atoms with Gasteiger partial charge in [-0.05, 0) is 38.8 Å². The third-order valence-electron chi connectivity index (χ3n) is 2.20. The molecule has 0 radical (unpaired) electrons. The zero-order valence-corrected chi connectivity index (χ0v) is 9.44. The number of piperidine rings is 1. The molecule has 6 nitrogen and oxygen atoms in total. The Balaban J connectivity index is 0.000000325. The minimum absolute atomic E-state index is 0.821. The SMILES string of the molecule is CCOCC1CCNCC1.O=C(O)C(=O)O. The Hall–Kier alpha value is -1.14. The van der Waals surface area contributed by atoms with Crippen molar-refractivity contribution in [2.75, 3.05) is 26.3 Å². The van der Waals surface area contributed by atoms with E-state index < -0.39 is 11.9 Å². The van der Waals surface area contributed by atoms with Crippen molar-refractivity contribution in [3.8, 4) is 0 Å². The summed E-state index contributed by atoms with van der Waals surface area (Å²) in [6, 6.07) is 0. The smallest absolute Gasteiger partial charge is 0.414 e. The lowest BCUT2D eigenvalue weighted by Crippen LogP contribution is -2.29. The van der Waals surface area contributed by atoms with Crippen LogP contribution in [0.2, 0.25) is 0 Å². The number of hydrogen-bond acceptors (Lipinski definition) is 4. The molecular formula is C10H19NO5. The van der Waals surface area contributed by atoms with E-state index >= 15 is 0 Å². The van der Waals surface area contributed by atoms with Crippen LogP contribution in [0, 0.1) is 5.92 Å². The van der Waals surface area contributed by atoms with Crippen molar-refractivity contribution in [3.05, 3.63) is 0 Å². The Morgan fingerprint density at radius 3 is 2.12 bits per heavy atom. The zero-order valence-electron chi connectivity index (χ0n) is 9.44. The highest BCUT2D eigenvalue weighted by atomic mass is 16.5. The van der Waals surface area contributed by atoms with Gasteiger partial charge in [0.2, 0.25) is 0 Å². The van der Waals surface area contributed by atoms with E-state index in [0.717, 1.165) is 19.1 Å². The molecule has 16 heavy (non-hydrogen) atoms. The van der Waals surface area contributed by atoms with Crippen molar-refractivity contribution in [2.45, 2.75) is 19.8 Å². The van der Waals surface area contributed by atoms with Crippen LogP contribution in [-0.2, 0) is 14.3 Å². The molecule has 1 aliphatic rings. The molecule has 1 fully saturated rings. The first-order valence-corrected chi connectivity index (χ1v) is 5.32. The van der Waals surface area contributed by atoms with E-state index in [9.17, 15) is 0 Å². The molecule has 3 N–H and O–H groups in total. The van der Waals surface area contributed by atoms with E-state index in [4.69, 9.17) is 24.5 Å². The molecule has 1 aliphatic heterocycles. The summed E-state index contributed by atoms with van der Waals surface area (Å²) < 4.78 is 5.35. The lowest BCUT2D eigenvalue weighted by Gasteiger charge is -2.21. The summed E-state index contributed by atoms with van der Waals surface area (Å²) in [5.41, 5.74) is 0. The van der Waals surface area contributed by atoms with Gasteiger partial charge < -0.3 is 20.3 Å². The van der Waals surface area contributed by atoms with E-state index in [1.807, 2.05) is 0 Å². The minimum atomic E-state index is -1.82. The van der Waals surface area contributed by atoms with Gasteiger partial charge in [-0.1, -0.05) is 0 Å². The van der Waals surface area contributed by atoms with Crippen LogP contribution in [0.4, 0.5) is 0 Å². The summed E-state index contributed by atoms with van der Waals surface area (Å²) in [5, 5.41) is 18.1. The average Bonchev–Trinajstić information content (AvgIpc) is 2.28. The van der Waals surface area contributed by atoms with Gasteiger partial charge in [-0.15, -0.1) is 0 Å². The molecule has 0 spiro atoms. The van der Waals surface area contributed by atoms with Crippen LogP contribution in [0.5, 0.6) is 0 Å². The first-order chi connectivity index (χ1) is 7.57. The number of hydrogen-bond donors (Lipinski definition) is 3. The highest BCUT2D eigenvalue weighted by Crippen LogP contribution is 2.11. The van der Waals surface area contributed by atoms with Crippen molar-refractivity contribution in [1.82, 2.24) is 5.32 Å². The molecule has 0 unspecified atom stereocenters. The molecular weight excluding hydrogens is 214 g/mol. The van der Waals surface area contributed by atoms with Crippen LogP contribution >= 0.6 is 0 Å². The molecule has 0 bridgehead atoms. The van der Waals surface area contributed by atoms with Gasteiger partial charge in [0.1, 0.15) is 0 Å².